The maximum Gasteiger partial charge on any atom is 0.212 e. The lowest BCUT2D eigenvalue weighted by molar-refractivity contribution is 0.188. The average Bonchev–Trinajstić information content (AvgIpc) is 2.76. The molecule has 100 valence electrons. The first kappa shape index (κ1) is 13.3. The second-order valence-electron chi connectivity index (χ2n) is 5.43. The van der Waals surface area contributed by atoms with Gasteiger partial charge in [0.1, 0.15) is 0 Å². The summed E-state index contributed by atoms with van der Waals surface area (Å²) in [6.45, 7) is 5.14. The van der Waals surface area contributed by atoms with Crippen LogP contribution in [0.5, 0.6) is 0 Å². The predicted molar refractivity (Wildman–Crippen MR) is 66.3 cm³/mol. The van der Waals surface area contributed by atoms with Gasteiger partial charge in [0.05, 0.1) is 12.4 Å². The first-order valence-electron chi connectivity index (χ1n) is 6.22. The molecule has 0 radical (unpaired) electrons. The molecule has 0 aromatic rings. The number of hydrogen-bond acceptors (Lipinski definition) is 4. The van der Waals surface area contributed by atoms with Crippen molar-refractivity contribution in [3.05, 3.63) is 0 Å². The van der Waals surface area contributed by atoms with Gasteiger partial charge >= 0.3 is 0 Å². The molecule has 5 nitrogen and oxygen atoms in total. The number of ether oxygens (including phenoxy) is 1. The summed E-state index contributed by atoms with van der Waals surface area (Å²) in [6.07, 6.45) is 0.862. The Morgan fingerprint density at radius 3 is 2.71 bits per heavy atom. The minimum atomic E-state index is -3.16. The van der Waals surface area contributed by atoms with Crippen molar-refractivity contribution < 1.29 is 13.2 Å². The van der Waals surface area contributed by atoms with Crippen molar-refractivity contribution in [3.63, 3.8) is 0 Å². The Labute approximate surface area is 104 Å². The van der Waals surface area contributed by atoms with Gasteiger partial charge < -0.3 is 9.64 Å². The Hall–Kier alpha value is -0.170. The highest BCUT2D eigenvalue weighted by Gasteiger charge is 2.32. The van der Waals surface area contributed by atoms with Crippen LogP contribution in [0.1, 0.15) is 13.3 Å². The van der Waals surface area contributed by atoms with Crippen LogP contribution in [0.3, 0.4) is 0 Å². The number of likely N-dealkylation sites (tertiary alicyclic amines) is 1. The topological polar surface area (TPSA) is 58.6 Å². The zero-order chi connectivity index (χ0) is 12.5. The molecule has 0 bridgehead atoms. The van der Waals surface area contributed by atoms with Gasteiger partial charge in [-0.25, -0.2) is 13.1 Å². The van der Waals surface area contributed by atoms with E-state index in [0.717, 1.165) is 19.5 Å². The van der Waals surface area contributed by atoms with Crippen LogP contribution >= 0.6 is 0 Å². The van der Waals surface area contributed by atoms with Crippen LogP contribution < -0.4 is 4.72 Å². The summed E-state index contributed by atoms with van der Waals surface area (Å²) < 4.78 is 32.1. The molecule has 2 saturated heterocycles. The van der Waals surface area contributed by atoms with Gasteiger partial charge in [0.2, 0.25) is 10.0 Å². The molecule has 6 heteroatoms. The fourth-order valence-corrected chi connectivity index (χ4v) is 4.41. The third kappa shape index (κ3) is 3.64. The largest absolute Gasteiger partial charge is 0.381 e. The number of rotatable bonds is 4. The van der Waals surface area contributed by atoms with Crippen LogP contribution in [0, 0.1) is 11.8 Å². The molecule has 2 aliphatic heterocycles. The molecule has 0 aromatic carbocycles. The van der Waals surface area contributed by atoms with Gasteiger partial charge in [-0.1, -0.05) is 6.92 Å². The molecule has 17 heavy (non-hydrogen) atoms. The highest BCUT2D eigenvalue weighted by Crippen LogP contribution is 2.18. The van der Waals surface area contributed by atoms with Crippen LogP contribution in [-0.2, 0) is 14.8 Å². The summed E-state index contributed by atoms with van der Waals surface area (Å²) >= 11 is 0. The summed E-state index contributed by atoms with van der Waals surface area (Å²) in [7, 11) is -1.14. The first-order chi connectivity index (χ1) is 7.96. The highest BCUT2D eigenvalue weighted by atomic mass is 32.2. The molecule has 2 rings (SSSR count). The summed E-state index contributed by atoms with van der Waals surface area (Å²) in [5.41, 5.74) is 0. The lowest BCUT2D eigenvalue weighted by Crippen LogP contribution is -2.42. The molecular formula is C11H22N2O3S. The van der Waals surface area contributed by atoms with E-state index in [1.54, 1.807) is 0 Å². The van der Waals surface area contributed by atoms with Crippen LogP contribution in [0.15, 0.2) is 0 Å². The molecule has 2 heterocycles. The molecule has 0 aromatic heterocycles. The van der Waals surface area contributed by atoms with Crippen molar-refractivity contribution in [1.29, 1.82) is 0 Å². The van der Waals surface area contributed by atoms with Crippen LogP contribution in [-0.4, -0.2) is 58.5 Å². The number of nitrogens with zero attached hydrogens (tertiary/aromatic N) is 1. The van der Waals surface area contributed by atoms with Gasteiger partial charge in [-0.15, -0.1) is 0 Å². The molecule has 2 fully saturated rings. The van der Waals surface area contributed by atoms with Gasteiger partial charge in [0.15, 0.2) is 0 Å². The van der Waals surface area contributed by atoms with Gasteiger partial charge in [-0.05, 0) is 25.3 Å². The smallest absolute Gasteiger partial charge is 0.212 e. The average molecular weight is 262 g/mol. The maximum atomic E-state index is 12.0. The molecule has 1 N–H and O–H groups in total. The van der Waals surface area contributed by atoms with Crippen molar-refractivity contribution in [2.45, 2.75) is 19.4 Å². The van der Waals surface area contributed by atoms with E-state index in [2.05, 4.69) is 16.5 Å². The number of likely N-dealkylation sites (N-methyl/N-ethyl adjacent to an activating group) is 1. The van der Waals surface area contributed by atoms with Crippen molar-refractivity contribution in [1.82, 2.24) is 9.62 Å². The monoisotopic (exact) mass is 262 g/mol. The number of sulfonamides is 1. The SMILES string of the molecule is C[C@@H]1CN(C)C[C@@H]1NS(=O)(=O)C[C@@H]1CCOC1. The molecule has 2 aliphatic rings. The van der Waals surface area contributed by atoms with Gasteiger partial charge in [0, 0.05) is 25.7 Å². The number of nitrogens with one attached hydrogen (secondary N) is 1. The molecular weight excluding hydrogens is 240 g/mol. The van der Waals surface area contributed by atoms with Gasteiger partial charge in [0.25, 0.3) is 0 Å². The Balaban J connectivity index is 1.88. The predicted octanol–water partition coefficient (Wildman–Crippen LogP) is -0.108. The molecule has 3 atom stereocenters. The van der Waals surface area contributed by atoms with E-state index in [-0.39, 0.29) is 17.7 Å². The number of hydrogen-bond donors (Lipinski definition) is 1. The van der Waals surface area contributed by atoms with E-state index < -0.39 is 10.0 Å². The first-order valence-corrected chi connectivity index (χ1v) is 7.88. The van der Waals surface area contributed by atoms with Gasteiger partial charge in [-0.3, -0.25) is 0 Å². The Bertz CT molecular complexity index is 352. The summed E-state index contributed by atoms with van der Waals surface area (Å²) in [5.74, 6) is 0.761. The normalized spacial score (nSPS) is 35.5. The Kier molecular flexibility index (Phi) is 4.07. The third-order valence-corrected chi connectivity index (χ3v) is 5.18. The van der Waals surface area contributed by atoms with Crippen molar-refractivity contribution in [2.24, 2.45) is 11.8 Å². The van der Waals surface area contributed by atoms with Gasteiger partial charge in [-0.2, -0.15) is 0 Å². The van der Waals surface area contributed by atoms with E-state index in [1.165, 1.54) is 0 Å². The summed E-state index contributed by atoms with van der Waals surface area (Å²) in [6, 6.07) is 0.0623. The van der Waals surface area contributed by atoms with Crippen molar-refractivity contribution in [3.8, 4) is 0 Å². The van der Waals surface area contributed by atoms with E-state index >= 15 is 0 Å². The minimum absolute atomic E-state index is 0.0623. The van der Waals surface area contributed by atoms with Crippen LogP contribution in [0.4, 0.5) is 0 Å². The highest BCUT2D eigenvalue weighted by molar-refractivity contribution is 7.89. The fourth-order valence-electron chi connectivity index (χ4n) is 2.67. The van der Waals surface area contributed by atoms with E-state index in [9.17, 15) is 8.42 Å². The van der Waals surface area contributed by atoms with E-state index in [4.69, 9.17) is 4.74 Å². The third-order valence-electron chi connectivity index (χ3n) is 3.60. The molecule has 0 unspecified atom stereocenters. The summed E-state index contributed by atoms with van der Waals surface area (Å²) in [5, 5.41) is 0. The van der Waals surface area contributed by atoms with Crippen LogP contribution in [0.25, 0.3) is 0 Å². The summed E-state index contributed by atoms with van der Waals surface area (Å²) in [4.78, 5) is 2.16. The zero-order valence-corrected chi connectivity index (χ0v) is 11.4. The molecule has 0 saturated carbocycles. The molecule has 0 aliphatic carbocycles. The van der Waals surface area contributed by atoms with E-state index in [0.29, 0.717) is 19.1 Å². The molecule has 0 spiro atoms. The Morgan fingerprint density at radius 1 is 1.41 bits per heavy atom. The van der Waals surface area contributed by atoms with Crippen molar-refractivity contribution in [2.75, 3.05) is 39.1 Å². The minimum Gasteiger partial charge on any atom is -0.381 e. The van der Waals surface area contributed by atoms with E-state index in [1.807, 2.05) is 7.05 Å². The Morgan fingerprint density at radius 2 is 2.18 bits per heavy atom. The second-order valence-corrected chi connectivity index (χ2v) is 7.23. The quantitative estimate of drug-likeness (QED) is 0.768. The fraction of sp³-hybridized carbons (Fsp3) is 1.00. The second kappa shape index (κ2) is 5.22. The standard InChI is InChI=1S/C11H22N2O3S/c1-9-5-13(2)6-11(9)12-17(14,15)8-10-3-4-16-7-10/h9-12H,3-8H2,1-2H3/t9-,10-,11+/m1/s1. The van der Waals surface area contributed by atoms with Crippen molar-refractivity contribution >= 4 is 10.0 Å². The lowest BCUT2D eigenvalue weighted by atomic mass is 10.1. The maximum absolute atomic E-state index is 12.0. The lowest BCUT2D eigenvalue weighted by Gasteiger charge is -2.18. The molecule has 0 amide bonds. The van der Waals surface area contributed by atoms with Crippen LogP contribution in [0.2, 0.25) is 0 Å². The zero-order valence-electron chi connectivity index (χ0n) is 10.6.